The van der Waals surface area contributed by atoms with Crippen molar-refractivity contribution in [2.75, 3.05) is 0 Å². The van der Waals surface area contributed by atoms with Crippen molar-refractivity contribution in [1.29, 1.82) is 0 Å². The zero-order valence-corrected chi connectivity index (χ0v) is 8.42. The Morgan fingerprint density at radius 3 is 2.19 bits per heavy atom. The van der Waals surface area contributed by atoms with Crippen LogP contribution in [-0.2, 0) is 0 Å². The summed E-state index contributed by atoms with van der Waals surface area (Å²) in [6.07, 6.45) is -3.91. The number of alkyl halides is 3. The van der Waals surface area contributed by atoms with Crippen molar-refractivity contribution in [2.24, 2.45) is 0 Å². The number of nitrogens with zero attached hydrogens (tertiary/aromatic N) is 1. The van der Waals surface area contributed by atoms with Gasteiger partial charge in [0.25, 0.3) is 5.69 Å². The van der Waals surface area contributed by atoms with Crippen LogP contribution in [0.3, 0.4) is 0 Å². The molecule has 16 heavy (non-hydrogen) atoms. The smallest absolute Gasteiger partial charge is 0.258 e. The largest absolute Gasteiger partial charge is 0.426 e. The summed E-state index contributed by atoms with van der Waals surface area (Å²) in [6.45, 7) is 0. The van der Waals surface area contributed by atoms with Gasteiger partial charge in [0.1, 0.15) is 5.03 Å². The molecule has 1 aromatic rings. The molecule has 0 aliphatic heterocycles. The Morgan fingerprint density at radius 2 is 1.81 bits per heavy atom. The second-order valence-electron chi connectivity index (χ2n) is 2.84. The topological polar surface area (TPSA) is 43.1 Å². The van der Waals surface area contributed by atoms with Gasteiger partial charge in [0.2, 0.25) is 0 Å². The number of hydrogen-bond donors (Lipinski definition) is 0. The van der Waals surface area contributed by atoms with Crippen molar-refractivity contribution in [3.8, 4) is 0 Å². The molecule has 0 aliphatic rings. The third-order valence-electron chi connectivity index (χ3n) is 1.67. The minimum absolute atomic E-state index is 0.146. The quantitative estimate of drug-likeness (QED) is 0.594. The molecule has 0 radical (unpaired) electrons. The van der Waals surface area contributed by atoms with Gasteiger partial charge in [-0.3, -0.25) is 10.1 Å². The number of benzene rings is 1. The van der Waals surface area contributed by atoms with Crippen LogP contribution in [0.1, 0.15) is 5.56 Å². The Hall–Kier alpha value is -1.56. The Morgan fingerprint density at radius 1 is 1.31 bits per heavy atom. The lowest BCUT2D eigenvalue weighted by molar-refractivity contribution is -0.384. The van der Waals surface area contributed by atoms with E-state index in [1.54, 1.807) is 0 Å². The third-order valence-corrected chi connectivity index (χ3v) is 1.99. The first-order valence-corrected chi connectivity index (χ1v) is 4.37. The SMILES string of the molecule is O=[N+]([O-])c1ccc(/C=C(\Cl)C(F)(F)F)cc1. The van der Waals surface area contributed by atoms with Crippen molar-refractivity contribution in [3.05, 3.63) is 45.0 Å². The molecule has 1 aromatic carbocycles. The van der Waals surface area contributed by atoms with Crippen LogP contribution < -0.4 is 0 Å². The highest BCUT2D eigenvalue weighted by molar-refractivity contribution is 6.32. The molecule has 0 spiro atoms. The van der Waals surface area contributed by atoms with Crippen LogP contribution in [-0.4, -0.2) is 11.1 Å². The Balaban J connectivity index is 2.96. The molecule has 0 saturated carbocycles. The van der Waals surface area contributed by atoms with Crippen molar-refractivity contribution >= 4 is 23.4 Å². The number of nitro groups is 1. The number of non-ortho nitro benzene ring substituents is 1. The fourth-order valence-corrected chi connectivity index (χ4v) is 1.05. The summed E-state index contributed by atoms with van der Waals surface area (Å²) in [5.74, 6) is 0. The van der Waals surface area contributed by atoms with Gasteiger partial charge in [-0.2, -0.15) is 13.2 Å². The molecule has 0 aliphatic carbocycles. The van der Waals surface area contributed by atoms with Gasteiger partial charge in [-0.05, 0) is 23.8 Å². The van der Waals surface area contributed by atoms with Crippen LogP contribution in [0.5, 0.6) is 0 Å². The maximum Gasteiger partial charge on any atom is 0.426 e. The first kappa shape index (κ1) is 12.5. The zero-order chi connectivity index (χ0) is 12.3. The average Bonchev–Trinajstić information content (AvgIpc) is 2.17. The fourth-order valence-electron chi connectivity index (χ4n) is 0.920. The molecule has 0 aromatic heterocycles. The summed E-state index contributed by atoms with van der Waals surface area (Å²) in [5, 5.41) is 9.00. The number of rotatable bonds is 2. The van der Waals surface area contributed by atoms with Gasteiger partial charge < -0.3 is 0 Å². The molecule has 86 valence electrons. The number of nitro benzene ring substituents is 1. The van der Waals surface area contributed by atoms with Crippen LogP contribution in [0.4, 0.5) is 18.9 Å². The molecule has 0 saturated heterocycles. The molecule has 1 rings (SSSR count). The molecule has 0 fully saturated rings. The van der Waals surface area contributed by atoms with E-state index in [1.165, 1.54) is 12.1 Å². The van der Waals surface area contributed by atoms with E-state index in [2.05, 4.69) is 0 Å². The van der Waals surface area contributed by atoms with Crippen LogP contribution in [0.2, 0.25) is 0 Å². The van der Waals surface area contributed by atoms with E-state index < -0.39 is 16.1 Å². The lowest BCUT2D eigenvalue weighted by atomic mass is 10.2. The normalized spacial score (nSPS) is 12.6. The molecule has 0 atom stereocenters. The van der Waals surface area contributed by atoms with Gasteiger partial charge in [0, 0.05) is 12.1 Å². The van der Waals surface area contributed by atoms with E-state index >= 15 is 0 Å². The minimum Gasteiger partial charge on any atom is -0.258 e. The van der Waals surface area contributed by atoms with E-state index in [0.29, 0.717) is 6.08 Å². The summed E-state index contributed by atoms with van der Waals surface area (Å²) in [7, 11) is 0. The van der Waals surface area contributed by atoms with E-state index in [-0.39, 0.29) is 11.3 Å². The second-order valence-corrected chi connectivity index (χ2v) is 3.25. The number of allylic oxidation sites excluding steroid dienone is 1. The summed E-state index contributed by atoms with van der Waals surface area (Å²) < 4.78 is 36.1. The highest BCUT2D eigenvalue weighted by Gasteiger charge is 2.32. The van der Waals surface area contributed by atoms with E-state index in [0.717, 1.165) is 12.1 Å². The highest BCUT2D eigenvalue weighted by atomic mass is 35.5. The molecule has 3 nitrogen and oxygen atoms in total. The summed E-state index contributed by atoms with van der Waals surface area (Å²) >= 11 is 5.00. The molecular weight excluding hydrogens is 247 g/mol. The van der Waals surface area contributed by atoms with Crippen LogP contribution >= 0.6 is 11.6 Å². The van der Waals surface area contributed by atoms with Crippen molar-refractivity contribution < 1.29 is 18.1 Å². The number of halogens is 4. The maximum atomic E-state index is 12.0. The van der Waals surface area contributed by atoms with Gasteiger partial charge in [-0.1, -0.05) is 11.6 Å². The van der Waals surface area contributed by atoms with Crippen LogP contribution in [0.15, 0.2) is 29.3 Å². The average molecular weight is 252 g/mol. The van der Waals surface area contributed by atoms with Crippen molar-refractivity contribution in [3.63, 3.8) is 0 Å². The van der Waals surface area contributed by atoms with Crippen molar-refractivity contribution in [1.82, 2.24) is 0 Å². The first-order chi connectivity index (χ1) is 7.30. The Kier molecular flexibility index (Phi) is 3.54. The molecule has 0 amide bonds. The van der Waals surface area contributed by atoms with E-state index in [4.69, 9.17) is 11.6 Å². The fraction of sp³-hybridized carbons (Fsp3) is 0.111. The standard InChI is InChI=1S/C9H5ClF3NO2/c10-8(9(11,12)13)5-6-1-3-7(4-2-6)14(15)16/h1-5H/b8-5-. The summed E-state index contributed by atoms with van der Waals surface area (Å²) in [4.78, 5) is 9.64. The predicted molar refractivity (Wildman–Crippen MR) is 53.0 cm³/mol. The van der Waals surface area contributed by atoms with Gasteiger partial charge in [-0.25, -0.2) is 0 Å². The Bertz CT molecular complexity index is 425. The van der Waals surface area contributed by atoms with Gasteiger partial charge in [0.05, 0.1) is 4.92 Å². The molecule has 7 heteroatoms. The van der Waals surface area contributed by atoms with Crippen LogP contribution in [0.25, 0.3) is 6.08 Å². The van der Waals surface area contributed by atoms with Gasteiger partial charge in [-0.15, -0.1) is 0 Å². The van der Waals surface area contributed by atoms with E-state index in [9.17, 15) is 23.3 Å². The summed E-state index contributed by atoms with van der Waals surface area (Å²) in [6, 6.07) is 4.58. The highest BCUT2D eigenvalue weighted by Crippen LogP contribution is 2.30. The molecule has 0 bridgehead atoms. The van der Waals surface area contributed by atoms with Gasteiger partial charge in [0.15, 0.2) is 0 Å². The monoisotopic (exact) mass is 251 g/mol. The second kappa shape index (κ2) is 4.52. The minimum atomic E-state index is -4.61. The van der Waals surface area contributed by atoms with Crippen LogP contribution in [0, 0.1) is 10.1 Å². The summed E-state index contributed by atoms with van der Waals surface area (Å²) in [5.41, 5.74) is -0.0480. The first-order valence-electron chi connectivity index (χ1n) is 3.99. The maximum absolute atomic E-state index is 12.0. The van der Waals surface area contributed by atoms with Crippen molar-refractivity contribution in [2.45, 2.75) is 6.18 Å². The molecular formula is C9H5ClF3NO2. The van der Waals surface area contributed by atoms with E-state index in [1.807, 2.05) is 0 Å². The Labute approximate surface area is 93.3 Å². The number of hydrogen-bond acceptors (Lipinski definition) is 2. The van der Waals surface area contributed by atoms with Gasteiger partial charge >= 0.3 is 6.18 Å². The zero-order valence-electron chi connectivity index (χ0n) is 7.66. The third kappa shape index (κ3) is 3.23. The predicted octanol–water partition coefficient (Wildman–Crippen LogP) is 3.74. The molecule has 0 N–H and O–H groups in total. The lowest BCUT2D eigenvalue weighted by Crippen LogP contribution is -2.06. The lowest BCUT2D eigenvalue weighted by Gasteiger charge is -2.03. The molecule has 0 unspecified atom stereocenters. The molecule has 0 heterocycles.